The number of fused-ring (bicyclic) bond motifs is 1. The number of anilines is 1. The predicted octanol–water partition coefficient (Wildman–Crippen LogP) is 3.15. The normalized spacial score (nSPS) is 9.36. The van der Waals surface area contributed by atoms with Crippen LogP contribution in [0.2, 0.25) is 0 Å². The van der Waals surface area contributed by atoms with Crippen molar-refractivity contribution in [1.29, 1.82) is 0 Å². The number of benzene rings is 1. The van der Waals surface area contributed by atoms with Gasteiger partial charge in [0.15, 0.2) is 0 Å². The molecule has 0 aliphatic heterocycles. The largest absolute Gasteiger partial charge is 0.398 e. The summed E-state index contributed by atoms with van der Waals surface area (Å²) in [7, 11) is 0. The van der Waals surface area contributed by atoms with Gasteiger partial charge in [-0.15, -0.1) is 0 Å². The van der Waals surface area contributed by atoms with Crippen LogP contribution in [0.5, 0.6) is 0 Å². The van der Waals surface area contributed by atoms with Crippen molar-refractivity contribution in [2.24, 2.45) is 0 Å². The third-order valence-electron chi connectivity index (χ3n) is 2.04. The summed E-state index contributed by atoms with van der Waals surface area (Å²) in [6.07, 6.45) is 3.65. The molecule has 1 aromatic heterocycles. The van der Waals surface area contributed by atoms with Gasteiger partial charge in [0.05, 0.1) is 0 Å². The lowest BCUT2D eigenvalue weighted by Crippen LogP contribution is -1.88. The summed E-state index contributed by atoms with van der Waals surface area (Å²) in [6.45, 7) is 6.04. The van der Waals surface area contributed by atoms with Crippen molar-refractivity contribution in [3.05, 3.63) is 36.2 Å². The van der Waals surface area contributed by atoms with E-state index in [0.717, 1.165) is 11.1 Å². The zero-order valence-electron chi connectivity index (χ0n) is 8.91. The second-order valence-electron chi connectivity index (χ2n) is 2.90. The number of pyridine rings is 1. The molecule has 0 saturated carbocycles. The summed E-state index contributed by atoms with van der Waals surface area (Å²) in [4.78, 5) is 4.09. The third kappa shape index (κ3) is 1.84. The van der Waals surface area contributed by atoms with Gasteiger partial charge in [-0.3, -0.25) is 4.98 Å². The van der Waals surface area contributed by atoms with E-state index in [1.54, 1.807) is 6.20 Å². The summed E-state index contributed by atoms with van der Waals surface area (Å²) in [6, 6.07) is 5.91. The van der Waals surface area contributed by atoms with Gasteiger partial charge in [-0.2, -0.15) is 0 Å². The maximum atomic E-state index is 5.79. The summed E-state index contributed by atoms with van der Waals surface area (Å²) in [5.41, 5.74) is 7.75. The van der Waals surface area contributed by atoms with Crippen LogP contribution < -0.4 is 5.73 Å². The lowest BCUT2D eigenvalue weighted by Gasteiger charge is -2.02. The number of hydrogen-bond acceptors (Lipinski definition) is 2. The molecule has 2 nitrogen and oxygen atoms in total. The highest BCUT2D eigenvalue weighted by Gasteiger charge is 1.98. The fourth-order valence-electron chi connectivity index (χ4n) is 1.36. The van der Waals surface area contributed by atoms with Gasteiger partial charge in [0.1, 0.15) is 0 Å². The van der Waals surface area contributed by atoms with Crippen LogP contribution in [-0.4, -0.2) is 4.98 Å². The second kappa shape index (κ2) is 4.61. The minimum Gasteiger partial charge on any atom is -0.398 e. The number of nitrogens with two attached hydrogens (primary N) is 1. The van der Waals surface area contributed by atoms with E-state index < -0.39 is 0 Å². The number of rotatable bonds is 0. The summed E-state index contributed by atoms with van der Waals surface area (Å²) in [5, 5.41) is 2.22. The highest BCUT2D eigenvalue weighted by molar-refractivity contribution is 5.93. The minimum absolute atomic E-state index is 0.795. The minimum atomic E-state index is 0.795. The van der Waals surface area contributed by atoms with E-state index in [2.05, 4.69) is 11.1 Å². The molecule has 2 rings (SSSR count). The van der Waals surface area contributed by atoms with Gasteiger partial charge in [0.25, 0.3) is 0 Å². The first kappa shape index (κ1) is 10.5. The molecule has 2 aromatic rings. The van der Waals surface area contributed by atoms with Gasteiger partial charge in [-0.05, 0) is 23.9 Å². The van der Waals surface area contributed by atoms with E-state index in [1.807, 2.05) is 39.1 Å². The molecule has 1 heterocycles. The first-order valence-corrected chi connectivity index (χ1v) is 4.88. The Balaban J connectivity index is 0.000000461. The standard InChI is InChI=1S/C10H10N2.C2H6/c1-7-5-12-6-9-8(7)3-2-4-10(9)11;1-2/h2-6H,11H2,1H3;1-2H3. The van der Waals surface area contributed by atoms with Gasteiger partial charge in [0.2, 0.25) is 0 Å². The molecule has 2 heteroatoms. The van der Waals surface area contributed by atoms with Crippen molar-refractivity contribution in [2.75, 3.05) is 5.73 Å². The molecule has 0 unspecified atom stereocenters. The molecule has 0 spiro atoms. The molecule has 0 radical (unpaired) electrons. The number of aryl methyl sites for hydroxylation is 1. The van der Waals surface area contributed by atoms with Gasteiger partial charge >= 0.3 is 0 Å². The molecule has 74 valence electrons. The van der Waals surface area contributed by atoms with Crippen molar-refractivity contribution in [1.82, 2.24) is 4.98 Å². The number of nitrogen functional groups attached to an aromatic ring is 1. The average Bonchev–Trinajstić information content (AvgIpc) is 2.23. The number of nitrogens with zero attached hydrogens (tertiary/aromatic N) is 1. The molecule has 14 heavy (non-hydrogen) atoms. The third-order valence-corrected chi connectivity index (χ3v) is 2.04. The molecule has 0 bridgehead atoms. The smallest absolute Gasteiger partial charge is 0.0409 e. The van der Waals surface area contributed by atoms with Crippen LogP contribution in [0.4, 0.5) is 5.69 Å². The Hall–Kier alpha value is -1.57. The Morgan fingerprint density at radius 1 is 1.07 bits per heavy atom. The average molecular weight is 188 g/mol. The van der Waals surface area contributed by atoms with Crippen molar-refractivity contribution < 1.29 is 0 Å². The van der Waals surface area contributed by atoms with Crippen LogP contribution in [-0.2, 0) is 0 Å². The summed E-state index contributed by atoms with van der Waals surface area (Å²) < 4.78 is 0. The first-order valence-electron chi connectivity index (χ1n) is 4.88. The summed E-state index contributed by atoms with van der Waals surface area (Å²) >= 11 is 0. The fourth-order valence-corrected chi connectivity index (χ4v) is 1.36. The van der Waals surface area contributed by atoms with E-state index >= 15 is 0 Å². The van der Waals surface area contributed by atoms with Gasteiger partial charge in [-0.25, -0.2) is 0 Å². The zero-order valence-corrected chi connectivity index (χ0v) is 8.91. The van der Waals surface area contributed by atoms with E-state index in [1.165, 1.54) is 10.9 Å². The molecular weight excluding hydrogens is 172 g/mol. The van der Waals surface area contributed by atoms with Crippen LogP contribution in [0.3, 0.4) is 0 Å². The van der Waals surface area contributed by atoms with Crippen LogP contribution in [0.25, 0.3) is 10.8 Å². The lowest BCUT2D eigenvalue weighted by atomic mass is 10.1. The van der Waals surface area contributed by atoms with Crippen molar-refractivity contribution in [3.8, 4) is 0 Å². The molecule has 0 fully saturated rings. The molecule has 0 atom stereocenters. The van der Waals surface area contributed by atoms with Crippen LogP contribution in [0.1, 0.15) is 19.4 Å². The molecular formula is C12H16N2. The van der Waals surface area contributed by atoms with Crippen molar-refractivity contribution in [3.63, 3.8) is 0 Å². The Morgan fingerprint density at radius 3 is 2.43 bits per heavy atom. The molecule has 0 amide bonds. The zero-order chi connectivity index (χ0) is 10.6. The van der Waals surface area contributed by atoms with E-state index in [9.17, 15) is 0 Å². The highest BCUT2D eigenvalue weighted by atomic mass is 14.6. The maximum Gasteiger partial charge on any atom is 0.0409 e. The quantitative estimate of drug-likeness (QED) is 0.645. The molecule has 2 N–H and O–H groups in total. The Morgan fingerprint density at radius 2 is 1.79 bits per heavy atom. The molecule has 0 saturated heterocycles. The van der Waals surface area contributed by atoms with Crippen LogP contribution >= 0.6 is 0 Å². The first-order chi connectivity index (χ1) is 6.79. The SMILES string of the molecule is CC.Cc1cncc2c(N)cccc12. The van der Waals surface area contributed by atoms with E-state index in [4.69, 9.17) is 5.73 Å². The van der Waals surface area contributed by atoms with Crippen LogP contribution in [0.15, 0.2) is 30.6 Å². The summed E-state index contributed by atoms with van der Waals surface area (Å²) in [5.74, 6) is 0. The number of hydrogen-bond donors (Lipinski definition) is 1. The van der Waals surface area contributed by atoms with E-state index in [-0.39, 0.29) is 0 Å². The maximum absolute atomic E-state index is 5.79. The van der Waals surface area contributed by atoms with Crippen molar-refractivity contribution in [2.45, 2.75) is 20.8 Å². The second-order valence-corrected chi connectivity index (χ2v) is 2.90. The molecule has 1 aromatic carbocycles. The van der Waals surface area contributed by atoms with Gasteiger partial charge in [0, 0.05) is 23.5 Å². The monoisotopic (exact) mass is 188 g/mol. The van der Waals surface area contributed by atoms with Gasteiger partial charge < -0.3 is 5.73 Å². The van der Waals surface area contributed by atoms with Gasteiger partial charge in [-0.1, -0.05) is 26.0 Å². The molecule has 0 aliphatic rings. The van der Waals surface area contributed by atoms with Crippen molar-refractivity contribution >= 4 is 16.5 Å². The Labute approximate surface area is 84.8 Å². The fraction of sp³-hybridized carbons (Fsp3) is 0.250. The van der Waals surface area contributed by atoms with E-state index in [0.29, 0.717) is 0 Å². The predicted molar refractivity (Wildman–Crippen MR) is 62.2 cm³/mol. The highest BCUT2D eigenvalue weighted by Crippen LogP contribution is 2.21. The molecule has 0 aliphatic carbocycles. The Kier molecular flexibility index (Phi) is 3.46. The van der Waals surface area contributed by atoms with Crippen LogP contribution in [0, 0.1) is 6.92 Å². The lowest BCUT2D eigenvalue weighted by molar-refractivity contribution is 1.31. The Bertz CT molecular complexity index is 380. The topological polar surface area (TPSA) is 38.9 Å². The number of aromatic nitrogens is 1.